The summed E-state index contributed by atoms with van der Waals surface area (Å²) in [5.41, 5.74) is 1.41. The number of pyridine rings is 1. The van der Waals surface area contributed by atoms with Crippen LogP contribution in [0.4, 0.5) is 4.39 Å². The number of nitrogens with one attached hydrogen (secondary N) is 1. The molecule has 0 aliphatic heterocycles. The Balaban J connectivity index is 1.98. The van der Waals surface area contributed by atoms with Gasteiger partial charge in [-0.25, -0.2) is 9.49 Å². The fourth-order valence-corrected chi connectivity index (χ4v) is 1.91. The molecule has 1 N–H and O–H groups in total. The van der Waals surface area contributed by atoms with Crippen LogP contribution in [0.15, 0.2) is 53.8 Å². The van der Waals surface area contributed by atoms with Gasteiger partial charge in [-0.05, 0) is 42.0 Å². The van der Waals surface area contributed by atoms with E-state index >= 15 is 0 Å². The van der Waals surface area contributed by atoms with E-state index in [-0.39, 0.29) is 5.82 Å². The molecule has 0 aliphatic rings. The first-order valence-corrected chi connectivity index (χ1v) is 6.53. The number of aromatic nitrogens is 4. The lowest BCUT2D eigenvalue weighted by Gasteiger charge is -1.99. The quantitative estimate of drug-likeness (QED) is 0.597. The molecule has 0 saturated carbocycles. The number of aromatic amines is 1. The Bertz CT molecular complexity index is 821. The summed E-state index contributed by atoms with van der Waals surface area (Å²) in [5.74, 6) is 0.222. The van der Waals surface area contributed by atoms with Crippen LogP contribution in [0, 0.1) is 10.6 Å². The highest BCUT2D eigenvalue weighted by atomic mass is 32.1. The summed E-state index contributed by atoms with van der Waals surface area (Å²) in [4.78, 5) is 4.22. The van der Waals surface area contributed by atoms with Gasteiger partial charge in [-0.15, -0.1) is 0 Å². The van der Waals surface area contributed by atoms with E-state index in [2.05, 4.69) is 20.3 Å². The van der Waals surface area contributed by atoms with Crippen molar-refractivity contribution in [3.05, 3.63) is 64.8 Å². The SMILES string of the molecule is Fc1ccc(/C=N/n2c(-c3ccccn3)n[nH]c2=S)cc1. The van der Waals surface area contributed by atoms with E-state index in [0.29, 0.717) is 16.3 Å². The average molecular weight is 299 g/mol. The first kappa shape index (κ1) is 13.3. The number of rotatable bonds is 3. The highest BCUT2D eigenvalue weighted by Crippen LogP contribution is 2.13. The molecule has 21 heavy (non-hydrogen) atoms. The van der Waals surface area contributed by atoms with Crippen molar-refractivity contribution in [1.29, 1.82) is 0 Å². The Labute approximate surface area is 124 Å². The smallest absolute Gasteiger partial charge is 0.216 e. The highest BCUT2D eigenvalue weighted by molar-refractivity contribution is 7.71. The molecule has 0 atom stereocenters. The number of H-pyrrole nitrogens is 1. The predicted molar refractivity (Wildman–Crippen MR) is 80.0 cm³/mol. The zero-order valence-corrected chi connectivity index (χ0v) is 11.6. The van der Waals surface area contributed by atoms with E-state index in [9.17, 15) is 4.39 Å². The van der Waals surface area contributed by atoms with Gasteiger partial charge in [0, 0.05) is 6.20 Å². The van der Waals surface area contributed by atoms with Gasteiger partial charge in [0.25, 0.3) is 0 Å². The zero-order chi connectivity index (χ0) is 14.7. The van der Waals surface area contributed by atoms with Crippen molar-refractivity contribution < 1.29 is 4.39 Å². The predicted octanol–water partition coefficient (Wildman–Crippen LogP) is 3.02. The number of hydrogen-bond donors (Lipinski definition) is 1. The van der Waals surface area contributed by atoms with Gasteiger partial charge in [-0.3, -0.25) is 4.98 Å². The van der Waals surface area contributed by atoms with Crippen LogP contribution in [0.2, 0.25) is 0 Å². The van der Waals surface area contributed by atoms with Crippen LogP contribution in [0.5, 0.6) is 0 Å². The molecule has 0 fully saturated rings. The molecule has 0 unspecified atom stereocenters. The largest absolute Gasteiger partial charge is 0.253 e. The Hall–Kier alpha value is -2.67. The minimum Gasteiger partial charge on any atom is -0.253 e. The van der Waals surface area contributed by atoms with Crippen LogP contribution in [0.25, 0.3) is 11.5 Å². The Kier molecular flexibility index (Phi) is 3.65. The number of benzene rings is 1. The minimum absolute atomic E-state index is 0.291. The van der Waals surface area contributed by atoms with E-state index in [1.807, 2.05) is 18.2 Å². The normalized spacial score (nSPS) is 11.1. The first-order valence-electron chi connectivity index (χ1n) is 6.13. The molecule has 3 aromatic rings. The topological polar surface area (TPSA) is 58.9 Å². The molecule has 3 rings (SSSR count). The Morgan fingerprint density at radius 1 is 1.19 bits per heavy atom. The van der Waals surface area contributed by atoms with Crippen LogP contribution < -0.4 is 0 Å². The molecule has 5 nitrogen and oxygen atoms in total. The van der Waals surface area contributed by atoms with Gasteiger partial charge in [0.05, 0.1) is 6.21 Å². The van der Waals surface area contributed by atoms with Crippen LogP contribution in [-0.2, 0) is 0 Å². The van der Waals surface area contributed by atoms with E-state index in [0.717, 1.165) is 5.56 Å². The van der Waals surface area contributed by atoms with E-state index < -0.39 is 0 Å². The van der Waals surface area contributed by atoms with E-state index in [1.165, 1.54) is 16.8 Å². The molecule has 2 aromatic heterocycles. The van der Waals surface area contributed by atoms with Gasteiger partial charge in [-0.1, -0.05) is 18.2 Å². The van der Waals surface area contributed by atoms with Crippen LogP contribution in [0.3, 0.4) is 0 Å². The zero-order valence-electron chi connectivity index (χ0n) is 10.8. The molecule has 0 aliphatic carbocycles. The van der Waals surface area contributed by atoms with Crippen molar-refractivity contribution in [2.24, 2.45) is 5.10 Å². The van der Waals surface area contributed by atoms with Gasteiger partial charge in [-0.2, -0.15) is 14.9 Å². The van der Waals surface area contributed by atoms with Crippen molar-refractivity contribution in [3.8, 4) is 11.5 Å². The number of halogens is 1. The molecule has 0 radical (unpaired) electrons. The Morgan fingerprint density at radius 3 is 2.71 bits per heavy atom. The monoisotopic (exact) mass is 299 g/mol. The minimum atomic E-state index is -0.291. The lowest BCUT2D eigenvalue weighted by molar-refractivity contribution is 0.628. The number of hydrogen-bond acceptors (Lipinski definition) is 4. The van der Waals surface area contributed by atoms with Gasteiger partial charge in [0.15, 0.2) is 0 Å². The van der Waals surface area contributed by atoms with Crippen LogP contribution in [-0.4, -0.2) is 26.1 Å². The van der Waals surface area contributed by atoms with Gasteiger partial charge < -0.3 is 0 Å². The summed E-state index contributed by atoms with van der Waals surface area (Å²) >= 11 is 5.15. The third kappa shape index (κ3) is 2.92. The van der Waals surface area contributed by atoms with Gasteiger partial charge >= 0.3 is 0 Å². The lowest BCUT2D eigenvalue weighted by Crippen LogP contribution is -1.96. The molecule has 0 bridgehead atoms. The van der Waals surface area contributed by atoms with Crippen molar-refractivity contribution in [3.63, 3.8) is 0 Å². The number of nitrogens with zero attached hydrogens (tertiary/aromatic N) is 4. The molecule has 2 heterocycles. The van der Waals surface area contributed by atoms with Crippen LogP contribution >= 0.6 is 12.2 Å². The molecule has 1 aromatic carbocycles. The summed E-state index contributed by atoms with van der Waals surface area (Å²) in [6.45, 7) is 0. The second-order valence-electron chi connectivity index (χ2n) is 4.18. The Morgan fingerprint density at radius 2 is 2.00 bits per heavy atom. The molecule has 104 valence electrons. The molecular weight excluding hydrogens is 289 g/mol. The van der Waals surface area contributed by atoms with Crippen molar-refractivity contribution >= 4 is 18.4 Å². The first-order chi connectivity index (χ1) is 10.2. The van der Waals surface area contributed by atoms with Crippen molar-refractivity contribution in [2.45, 2.75) is 0 Å². The van der Waals surface area contributed by atoms with Crippen molar-refractivity contribution in [2.75, 3.05) is 0 Å². The van der Waals surface area contributed by atoms with Gasteiger partial charge in [0.2, 0.25) is 10.6 Å². The second-order valence-corrected chi connectivity index (χ2v) is 4.56. The van der Waals surface area contributed by atoms with E-state index in [4.69, 9.17) is 12.2 Å². The molecule has 0 spiro atoms. The maximum atomic E-state index is 12.9. The summed E-state index contributed by atoms with van der Waals surface area (Å²) in [7, 11) is 0. The third-order valence-corrected chi connectivity index (χ3v) is 3.00. The van der Waals surface area contributed by atoms with Crippen molar-refractivity contribution in [1.82, 2.24) is 19.9 Å². The summed E-state index contributed by atoms with van der Waals surface area (Å²) in [5, 5.41) is 11.1. The second kappa shape index (κ2) is 5.76. The summed E-state index contributed by atoms with van der Waals surface area (Å²) < 4.78 is 14.7. The van der Waals surface area contributed by atoms with Crippen LogP contribution in [0.1, 0.15) is 5.56 Å². The molecule has 0 saturated heterocycles. The maximum absolute atomic E-state index is 12.9. The van der Waals surface area contributed by atoms with E-state index in [1.54, 1.807) is 24.5 Å². The fourth-order valence-electron chi connectivity index (χ4n) is 1.73. The molecular formula is C14H10FN5S. The standard InChI is InChI=1S/C14H10FN5S/c15-11-6-4-10(5-7-11)9-17-20-13(18-19-14(20)21)12-3-1-2-8-16-12/h1-9H,(H,19,21)/b17-9+. The average Bonchev–Trinajstić information content (AvgIpc) is 2.89. The summed E-state index contributed by atoms with van der Waals surface area (Å²) in [6, 6.07) is 11.5. The lowest BCUT2D eigenvalue weighted by atomic mass is 10.2. The molecule has 0 amide bonds. The third-order valence-electron chi connectivity index (χ3n) is 2.74. The maximum Gasteiger partial charge on any atom is 0.216 e. The summed E-state index contributed by atoms with van der Waals surface area (Å²) in [6.07, 6.45) is 3.25. The highest BCUT2D eigenvalue weighted by Gasteiger charge is 2.08. The van der Waals surface area contributed by atoms with Gasteiger partial charge in [0.1, 0.15) is 11.5 Å². The fraction of sp³-hybridized carbons (Fsp3) is 0. The molecule has 7 heteroatoms.